The van der Waals surface area contributed by atoms with Crippen molar-refractivity contribution in [3.63, 3.8) is 0 Å². The smallest absolute Gasteiger partial charge is 0.332 e. The van der Waals surface area contributed by atoms with Crippen LogP contribution in [-0.2, 0) is 9.59 Å². The van der Waals surface area contributed by atoms with E-state index in [1.807, 2.05) is 43.3 Å². The molecule has 1 amide bonds. The fraction of sp³-hybridized carbons (Fsp3) is 0.333. The molecule has 0 aliphatic carbocycles. The van der Waals surface area contributed by atoms with Gasteiger partial charge in [0.25, 0.3) is 0 Å². The van der Waals surface area contributed by atoms with E-state index in [9.17, 15) is 9.59 Å². The molecule has 0 aliphatic heterocycles. The fourth-order valence-corrected chi connectivity index (χ4v) is 1.57. The number of benzene rings is 1. The van der Waals surface area contributed by atoms with E-state index in [1.54, 1.807) is 6.08 Å². The molecule has 0 fully saturated rings. The molecule has 6 heteroatoms. The highest BCUT2D eigenvalue weighted by atomic mass is 16.4. The Kier molecular flexibility index (Phi) is 6.42. The number of aliphatic carboxylic acids is 1. The van der Waals surface area contributed by atoms with E-state index in [-0.39, 0.29) is 18.9 Å². The standard InChI is InChI=1S/C15H20N2O4/c1-17(2)12-6-3-11(4-7-12)5-8-14(19)16-10-9-13(18)15(20)21/h3-8,13,18H,9-10H2,1-2H3,(H,16,19)(H,20,21)/b8-5+/t13-/m0/s1. The molecule has 114 valence electrons. The van der Waals surface area contributed by atoms with Gasteiger partial charge in [-0.3, -0.25) is 4.79 Å². The quantitative estimate of drug-likeness (QED) is 0.644. The zero-order chi connectivity index (χ0) is 15.8. The average molecular weight is 292 g/mol. The predicted octanol–water partition coefficient (Wildman–Crippen LogP) is 0.718. The Morgan fingerprint density at radius 1 is 1.29 bits per heavy atom. The lowest BCUT2D eigenvalue weighted by atomic mass is 10.2. The number of aliphatic hydroxyl groups is 1. The molecule has 0 heterocycles. The van der Waals surface area contributed by atoms with Gasteiger partial charge >= 0.3 is 5.97 Å². The zero-order valence-corrected chi connectivity index (χ0v) is 12.1. The summed E-state index contributed by atoms with van der Waals surface area (Å²) in [4.78, 5) is 23.9. The Morgan fingerprint density at radius 3 is 2.43 bits per heavy atom. The zero-order valence-electron chi connectivity index (χ0n) is 12.1. The lowest BCUT2D eigenvalue weighted by molar-refractivity contribution is -0.147. The molecule has 0 aromatic heterocycles. The van der Waals surface area contributed by atoms with Gasteiger partial charge in [-0.15, -0.1) is 0 Å². The van der Waals surface area contributed by atoms with Gasteiger partial charge in [-0.1, -0.05) is 12.1 Å². The first-order chi connectivity index (χ1) is 9.90. The second-order valence-electron chi connectivity index (χ2n) is 4.75. The van der Waals surface area contributed by atoms with Crippen molar-refractivity contribution in [2.45, 2.75) is 12.5 Å². The Hall–Kier alpha value is -2.34. The minimum absolute atomic E-state index is 0.0214. The Labute approximate surface area is 123 Å². The second kappa shape index (κ2) is 8.06. The van der Waals surface area contributed by atoms with Crippen LogP contribution in [-0.4, -0.2) is 48.8 Å². The first kappa shape index (κ1) is 16.7. The summed E-state index contributed by atoms with van der Waals surface area (Å²) < 4.78 is 0. The molecular weight excluding hydrogens is 272 g/mol. The lowest BCUT2D eigenvalue weighted by Gasteiger charge is -2.11. The van der Waals surface area contributed by atoms with E-state index in [0.29, 0.717) is 0 Å². The molecule has 1 aromatic carbocycles. The molecule has 0 spiro atoms. The van der Waals surface area contributed by atoms with Crippen LogP contribution < -0.4 is 10.2 Å². The number of nitrogens with zero attached hydrogens (tertiary/aromatic N) is 1. The number of hydrogen-bond acceptors (Lipinski definition) is 4. The Balaban J connectivity index is 2.41. The summed E-state index contributed by atoms with van der Waals surface area (Å²) in [6.45, 7) is 0.107. The summed E-state index contributed by atoms with van der Waals surface area (Å²) in [7, 11) is 3.90. The average Bonchev–Trinajstić information content (AvgIpc) is 2.45. The highest BCUT2D eigenvalue weighted by molar-refractivity contribution is 5.91. The van der Waals surface area contributed by atoms with Gasteiger partial charge in [0.2, 0.25) is 5.91 Å². The van der Waals surface area contributed by atoms with E-state index < -0.39 is 12.1 Å². The normalized spacial score (nSPS) is 12.1. The summed E-state index contributed by atoms with van der Waals surface area (Å²) in [5, 5.41) is 20.0. The van der Waals surface area contributed by atoms with Crippen molar-refractivity contribution in [1.82, 2.24) is 5.32 Å². The maximum Gasteiger partial charge on any atom is 0.332 e. The van der Waals surface area contributed by atoms with Gasteiger partial charge in [0.1, 0.15) is 0 Å². The second-order valence-corrected chi connectivity index (χ2v) is 4.75. The third-order valence-electron chi connectivity index (χ3n) is 2.84. The van der Waals surface area contributed by atoms with Gasteiger partial charge in [-0.2, -0.15) is 0 Å². The van der Waals surface area contributed by atoms with E-state index >= 15 is 0 Å². The lowest BCUT2D eigenvalue weighted by Crippen LogP contribution is -2.28. The van der Waals surface area contributed by atoms with Gasteiger partial charge in [0.05, 0.1) is 0 Å². The van der Waals surface area contributed by atoms with E-state index in [4.69, 9.17) is 10.2 Å². The van der Waals surface area contributed by atoms with Gasteiger partial charge in [-0.25, -0.2) is 4.79 Å². The summed E-state index contributed by atoms with van der Waals surface area (Å²) >= 11 is 0. The number of carboxylic acids is 1. The van der Waals surface area contributed by atoms with Crippen molar-refractivity contribution in [2.75, 3.05) is 25.5 Å². The van der Waals surface area contributed by atoms with Crippen LogP contribution in [0.1, 0.15) is 12.0 Å². The van der Waals surface area contributed by atoms with Crippen LogP contribution in [0.5, 0.6) is 0 Å². The van der Waals surface area contributed by atoms with Crippen LogP contribution in [0.4, 0.5) is 5.69 Å². The topological polar surface area (TPSA) is 89.9 Å². The summed E-state index contributed by atoms with van der Waals surface area (Å²) in [5.41, 5.74) is 1.96. The first-order valence-corrected chi connectivity index (χ1v) is 6.54. The van der Waals surface area contributed by atoms with Crippen LogP contribution in [0.2, 0.25) is 0 Å². The number of amides is 1. The minimum Gasteiger partial charge on any atom is -0.479 e. The number of anilines is 1. The number of carbonyl (C=O) groups excluding carboxylic acids is 1. The summed E-state index contributed by atoms with van der Waals surface area (Å²) in [5.74, 6) is -1.62. The molecule has 0 unspecified atom stereocenters. The summed E-state index contributed by atoms with van der Waals surface area (Å²) in [6, 6.07) is 7.68. The molecule has 6 nitrogen and oxygen atoms in total. The monoisotopic (exact) mass is 292 g/mol. The van der Waals surface area contributed by atoms with Gasteiger partial charge < -0.3 is 20.4 Å². The molecule has 1 atom stereocenters. The van der Waals surface area contributed by atoms with E-state index in [2.05, 4.69) is 5.32 Å². The highest BCUT2D eigenvalue weighted by Gasteiger charge is 2.12. The largest absolute Gasteiger partial charge is 0.479 e. The van der Waals surface area contributed by atoms with Crippen molar-refractivity contribution in [3.8, 4) is 0 Å². The molecule has 3 N–H and O–H groups in total. The van der Waals surface area contributed by atoms with Crippen molar-refractivity contribution in [3.05, 3.63) is 35.9 Å². The van der Waals surface area contributed by atoms with Gasteiger partial charge in [0, 0.05) is 38.8 Å². The molecule has 0 aliphatic rings. The number of nitrogens with one attached hydrogen (secondary N) is 1. The number of aliphatic hydroxyl groups excluding tert-OH is 1. The van der Waals surface area contributed by atoms with Gasteiger partial charge in [-0.05, 0) is 23.8 Å². The molecule has 21 heavy (non-hydrogen) atoms. The van der Waals surface area contributed by atoms with E-state index in [0.717, 1.165) is 11.3 Å². The number of carboxylic acid groups (broad SMARTS) is 1. The van der Waals surface area contributed by atoms with Crippen LogP contribution in [0.3, 0.4) is 0 Å². The first-order valence-electron chi connectivity index (χ1n) is 6.54. The maximum absolute atomic E-state index is 11.5. The maximum atomic E-state index is 11.5. The Morgan fingerprint density at radius 2 is 1.90 bits per heavy atom. The van der Waals surface area contributed by atoms with Crippen LogP contribution in [0, 0.1) is 0 Å². The van der Waals surface area contributed by atoms with Crippen LogP contribution in [0.15, 0.2) is 30.3 Å². The molecular formula is C15H20N2O4. The number of hydrogen-bond donors (Lipinski definition) is 3. The molecule has 0 saturated heterocycles. The summed E-state index contributed by atoms with van der Waals surface area (Å²) in [6.07, 6.45) is 1.57. The van der Waals surface area contributed by atoms with E-state index in [1.165, 1.54) is 6.08 Å². The molecule has 0 saturated carbocycles. The van der Waals surface area contributed by atoms with Crippen molar-refractivity contribution in [1.29, 1.82) is 0 Å². The molecule has 1 aromatic rings. The molecule has 0 bridgehead atoms. The van der Waals surface area contributed by atoms with Crippen molar-refractivity contribution in [2.24, 2.45) is 0 Å². The van der Waals surface area contributed by atoms with Crippen LogP contribution >= 0.6 is 0 Å². The Bertz CT molecular complexity index is 509. The van der Waals surface area contributed by atoms with Crippen molar-refractivity contribution < 1.29 is 19.8 Å². The third-order valence-corrected chi connectivity index (χ3v) is 2.84. The molecule has 1 rings (SSSR count). The predicted molar refractivity (Wildman–Crippen MR) is 81.1 cm³/mol. The number of carbonyl (C=O) groups is 2. The highest BCUT2D eigenvalue weighted by Crippen LogP contribution is 2.12. The van der Waals surface area contributed by atoms with Crippen molar-refractivity contribution >= 4 is 23.6 Å². The minimum atomic E-state index is -1.45. The fourth-order valence-electron chi connectivity index (χ4n) is 1.57. The SMILES string of the molecule is CN(C)c1ccc(/C=C/C(=O)NCC[C@H](O)C(=O)O)cc1. The van der Waals surface area contributed by atoms with Gasteiger partial charge in [0.15, 0.2) is 6.10 Å². The molecule has 0 radical (unpaired) electrons. The van der Waals surface area contributed by atoms with Crippen LogP contribution in [0.25, 0.3) is 6.08 Å². The number of rotatable bonds is 7. The third kappa shape index (κ3) is 6.09.